The number of hydrogen-bond acceptors (Lipinski definition) is 4. The molecule has 1 atom stereocenters. The summed E-state index contributed by atoms with van der Waals surface area (Å²) < 4.78 is 0. The molecule has 0 radical (unpaired) electrons. The maximum atomic E-state index is 9.02. The van der Waals surface area contributed by atoms with E-state index in [1.165, 1.54) is 0 Å². The Kier molecular flexibility index (Phi) is 2.63. The van der Waals surface area contributed by atoms with Gasteiger partial charge < -0.3 is 10.0 Å². The molecular formula is C10H15N3O. The molecule has 4 nitrogen and oxygen atoms in total. The largest absolute Gasteiger partial charge is 0.396 e. The van der Waals surface area contributed by atoms with Crippen molar-refractivity contribution in [1.82, 2.24) is 9.97 Å². The molecule has 4 heteroatoms. The van der Waals surface area contributed by atoms with Crippen molar-refractivity contribution in [1.29, 1.82) is 0 Å². The number of aromatic nitrogens is 2. The molecule has 0 unspecified atom stereocenters. The summed E-state index contributed by atoms with van der Waals surface area (Å²) in [6, 6.07) is 1.89. The molecule has 14 heavy (non-hydrogen) atoms. The van der Waals surface area contributed by atoms with Crippen LogP contribution in [0.5, 0.6) is 0 Å². The van der Waals surface area contributed by atoms with Crippen LogP contribution in [0.3, 0.4) is 0 Å². The first-order chi connectivity index (χ1) is 6.79. The van der Waals surface area contributed by atoms with Gasteiger partial charge in [-0.15, -0.1) is 0 Å². The normalized spacial score (nSPS) is 21.6. The Hall–Kier alpha value is -1.16. The molecule has 1 fully saturated rings. The highest BCUT2D eigenvalue weighted by Crippen LogP contribution is 2.19. The average molecular weight is 193 g/mol. The van der Waals surface area contributed by atoms with E-state index < -0.39 is 0 Å². The predicted molar refractivity (Wildman–Crippen MR) is 54.2 cm³/mol. The maximum Gasteiger partial charge on any atom is 0.225 e. The molecule has 0 bridgehead atoms. The average Bonchev–Trinajstić information content (AvgIpc) is 2.66. The highest BCUT2D eigenvalue weighted by atomic mass is 16.3. The molecule has 0 aliphatic carbocycles. The molecule has 1 aliphatic heterocycles. The van der Waals surface area contributed by atoms with Gasteiger partial charge in [-0.3, -0.25) is 0 Å². The Morgan fingerprint density at radius 1 is 1.64 bits per heavy atom. The summed E-state index contributed by atoms with van der Waals surface area (Å²) in [5.74, 6) is 1.18. The van der Waals surface area contributed by atoms with Crippen molar-refractivity contribution in [2.45, 2.75) is 13.3 Å². The Balaban J connectivity index is 2.09. The van der Waals surface area contributed by atoms with E-state index in [4.69, 9.17) is 5.11 Å². The molecule has 0 aromatic carbocycles. The SMILES string of the molecule is Cc1ccnc(N2CC[C@@H](CO)C2)n1. The van der Waals surface area contributed by atoms with Crippen LogP contribution in [-0.2, 0) is 0 Å². The zero-order valence-electron chi connectivity index (χ0n) is 8.35. The van der Waals surface area contributed by atoms with E-state index in [0.717, 1.165) is 31.2 Å². The molecule has 2 rings (SSSR count). The lowest BCUT2D eigenvalue weighted by atomic mass is 10.1. The molecule has 1 saturated heterocycles. The van der Waals surface area contributed by atoms with E-state index in [0.29, 0.717) is 5.92 Å². The van der Waals surface area contributed by atoms with E-state index in [1.54, 1.807) is 6.20 Å². The Morgan fingerprint density at radius 3 is 3.14 bits per heavy atom. The summed E-state index contributed by atoms with van der Waals surface area (Å²) in [7, 11) is 0. The van der Waals surface area contributed by atoms with Gasteiger partial charge in [0.05, 0.1) is 0 Å². The molecule has 0 amide bonds. The molecule has 1 aromatic rings. The van der Waals surface area contributed by atoms with Gasteiger partial charge in [0.2, 0.25) is 5.95 Å². The smallest absolute Gasteiger partial charge is 0.225 e. The fraction of sp³-hybridized carbons (Fsp3) is 0.600. The van der Waals surface area contributed by atoms with Crippen LogP contribution in [0.1, 0.15) is 12.1 Å². The highest BCUT2D eigenvalue weighted by molar-refractivity contribution is 5.31. The minimum Gasteiger partial charge on any atom is -0.396 e. The number of hydrogen-bond donors (Lipinski definition) is 1. The van der Waals surface area contributed by atoms with Crippen LogP contribution in [0.4, 0.5) is 5.95 Å². The minimum absolute atomic E-state index is 0.266. The van der Waals surface area contributed by atoms with Crippen molar-refractivity contribution < 1.29 is 5.11 Å². The quantitative estimate of drug-likeness (QED) is 0.747. The van der Waals surface area contributed by atoms with Crippen LogP contribution in [0.15, 0.2) is 12.3 Å². The molecule has 2 heterocycles. The third kappa shape index (κ3) is 1.85. The van der Waals surface area contributed by atoms with E-state index >= 15 is 0 Å². The fourth-order valence-electron chi connectivity index (χ4n) is 1.75. The van der Waals surface area contributed by atoms with E-state index in [1.807, 2.05) is 13.0 Å². The first kappa shape index (κ1) is 9.40. The van der Waals surface area contributed by atoms with Crippen LogP contribution in [0.2, 0.25) is 0 Å². The Bertz CT molecular complexity index is 316. The van der Waals surface area contributed by atoms with Crippen molar-refractivity contribution in [2.75, 3.05) is 24.6 Å². The van der Waals surface area contributed by atoms with Gasteiger partial charge in [0.1, 0.15) is 0 Å². The van der Waals surface area contributed by atoms with Crippen molar-refractivity contribution in [3.8, 4) is 0 Å². The summed E-state index contributed by atoms with van der Waals surface area (Å²) in [5, 5.41) is 9.02. The fourth-order valence-corrected chi connectivity index (χ4v) is 1.75. The summed E-state index contributed by atoms with van der Waals surface area (Å²) in [5.41, 5.74) is 0.988. The third-order valence-electron chi connectivity index (χ3n) is 2.61. The molecule has 1 aliphatic rings. The lowest BCUT2D eigenvalue weighted by Gasteiger charge is -2.15. The van der Waals surface area contributed by atoms with Crippen molar-refractivity contribution in [2.24, 2.45) is 5.92 Å². The van der Waals surface area contributed by atoms with E-state index in [-0.39, 0.29) is 6.61 Å². The molecular weight excluding hydrogens is 178 g/mol. The van der Waals surface area contributed by atoms with Gasteiger partial charge in [0.25, 0.3) is 0 Å². The summed E-state index contributed by atoms with van der Waals surface area (Å²) in [6.07, 6.45) is 2.82. The monoisotopic (exact) mass is 193 g/mol. The van der Waals surface area contributed by atoms with Crippen molar-refractivity contribution in [3.05, 3.63) is 18.0 Å². The lowest BCUT2D eigenvalue weighted by Crippen LogP contribution is -2.22. The summed E-state index contributed by atoms with van der Waals surface area (Å²) >= 11 is 0. The Morgan fingerprint density at radius 2 is 2.50 bits per heavy atom. The van der Waals surface area contributed by atoms with Crippen LogP contribution >= 0.6 is 0 Å². The lowest BCUT2D eigenvalue weighted by molar-refractivity contribution is 0.238. The number of aryl methyl sites for hydroxylation is 1. The molecule has 1 N–H and O–H groups in total. The van der Waals surface area contributed by atoms with Crippen LogP contribution < -0.4 is 4.90 Å². The first-order valence-corrected chi connectivity index (χ1v) is 4.95. The van der Waals surface area contributed by atoms with Crippen LogP contribution in [0.25, 0.3) is 0 Å². The molecule has 1 aromatic heterocycles. The topological polar surface area (TPSA) is 49.2 Å². The van der Waals surface area contributed by atoms with Gasteiger partial charge in [0, 0.05) is 37.5 Å². The number of rotatable bonds is 2. The third-order valence-corrected chi connectivity index (χ3v) is 2.61. The van der Waals surface area contributed by atoms with Crippen LogP contribution in [0, 0.1) is 12.8 Å². The second-order valence-electron chi connectivity index (χ2n) is 3.78. The number of aliphatic hydroxyl groups is 1. The second-order valence-corrected chi connectivity index (χ2v) is 3.78. The van der Waals surface area contributed by atoms with Gasteiger partial charge in [-0.05, 0) is 19.4 Å². The van der Waals surface area contributed by atoms with Gasteiger partial charge in [0.15, 0.2) is 0 Å². The maximum absolute atomic E-state index is 9.02. The van der Waals surface area contributed by atoms with Gasteiger partial charge >= 0.3 is 0 Å². The zero-order valence-corrected chi connectivity index (χ0v) is 8.35. The predicted octanol–water partition coefficient (Wildman–Crippen LogP) is 0.604. The number of aliphatic hydroxyl groups excluding tert-OH is 1. The van der Waals surface area contributed by atoms with E-state index in [2.05, 4.69) is 14.9 Å². The molecule has 76 valence electrons. The van der Waals surface area contributed by atoms with Gasteiger partial charge in [-0.2, -0.15) is 0 Å². The molecule has 0 saturated carbocycles. The van der Waals surface area contributed by atoms with Crippen molar-refractivity contribution >= 4 is 5.95 Å². The summed E-state index contributed by atoms with van der Waals surface area (Å²) in [4.78, 5) is 10.7. The van der Waals surface area contributed by atoms with E-state index in [9.17, 15) is 0 Å². The van der Waals surface area contributed by atoms with Crippen molar-refractivity contribution in [3.63, 3.8) is 0 Å². The van der Waals surface area contributed by atoms with Gasteiger partial charge in [-0.1, -0.05) is 0 Å². The minimum atomic E-state index is 0.266. The highest BCUT2D eigenvalue weighted by Gasteiger charge is 2.23. The van der Waals surface area contributed by atoms with Crippen LogP contribution in [-0.4, -0.2) is 34.8 Å². The van der Waals surface area contributed by atoms with Gasteiger partial charge in [-0.25, -0.2) is 9.97 Å². The number of nitrogens with zero attached hydrogens (tertiary/aromatic N) is 3. The standard InChI is InChI=1S/C10H15N3O/c1-8-2-4-11-10(12-8)13-5-3-9(6-13)7-14/h2,4,9,14H,3,5-7H2,1H3/t9-/m1/s1. The Labute approximate surface area is 83.6 Å². The zero-order chi connectivity index (χ0) is 9.97. The molecule has 0 spiro atoms. The summed E-state index contributed by atoms with van der Waals surface area (Å²) in [6.45, 7) is 4.06. The first-order valence-electron chi connectivity index (χ1n) is 4.95. The number of anilines is 1. The second kappa shape index (κ2) is 3.92.